The number of piperidine rings is 1. The van der Waals surface area contributed by atoms with Gasteiger partial charge in [-0.05, 0) is 57.2 Å². The van der Waals surface area contributed by atoms with Gasteiger partial charge >= 0.3 is 5.97 Å². The largest absolute Gasteiger partial charge is 0.465 e. The second-order valence-corrected chi connectivity index (χ2v) is 7.20. The topological polar surface area (TPSA) is 41.6 Å². The lowest BCUT2D eigenvalue weighted by molar-refractivity contribution is -0.146. The fraction of sp³-hybridized carbons (Fsp3) is 0.941. The van der Waals surface area contributed by atoms with E-state index in [0.717, 1.165) is 38.5 Å². The van der Waals surface area contributed by atoms with Crippen molar-refractivity contribution in [3.8, 4) is 0 Å². The molecule has 0 aromatic carbocycles. The van der Waals surface area contributed by atoms with E-state index in [2.05, 4.69) is 37.9 Å². The molecule has 4 nitrogen and oxygen atoms in total. The maximum atomic E-state index is 12.0. The van der Waals surface area contributed by atoms with Gasteiger partial charge in [0.1, 0.15) is 6.04 Å². The molecule has 21 heavy (non-hydrogen) atoms. The standard InChI is InChI=1S/C17H34N2O2/c1-6-10-18-15(16(20)21-7-2)13-19-11-8-14(9-12-19)17(3,4)5/h14-15,18H,6-13H2,1-5H3. The van der Waals surface area contributed by atoms with Gasteiger partial charge in [0.05, 0.1) is 6.61 Å². The Morgan fingerprint density at radius 3 is 2.38 bits per heavy atom. The minimum absolute atomic E-state index is 0.108. The second kappa shape index (κ2) is 8.74. The van der Waals surface area contributed by atoms with Gasteiger partial charge in [0.2, 0.25) is 0 Å². The van der Waals surface area contributed by atoms with Gasteiger partial charge in [0.15, 0.2) is 0 Å². The van der Waals surface area contributed by atoms with E-state index in [1.165, 1.54) is 12.8 Å². The number of rotatable bonds is 7. The molecular weight excluding hydrogens is 264 g/mol. The third-order valence-corrected chi connectivity index (χ3v) is 4.46. The first-order valence-corrected chi connectivity index (χ1v) is 8.50. The molecule has 1 aliphatic rings. The van der Waals surface area contributed by atoms with Crippen LogP contribution < -0.4 is 5.32 Å². The van der Waals surface area contributed by atoms with Gasteiger partial charge in [-0.2, -0.15) is 0 Å². The fourth-order valence-corrected chi connectivity index (χ4v) is 3.02. The van der Waals surface area contributed by atoms with Crippen LogP contribution in [0.15, 0.2) is 0 Å². The molecular formula is C17H34N2O2. The Labute approximate surface area is 130 Å². The van der Waals surface area contributed by atoms with E-state index in [1.54, 1.807) is 0 Å². The van der Waals surface area contributed by atoms with Gasteiger partial charge in [-0.15, -0.1) is 0 Å². The summed E-state index contributed by atoms with van der Waals surface area (Å²) in [5.74, 6) is 0.683. The maximum absolute atomic E-state index is 12.0. The normalized spacial score (nSPS) is 19.5. The Balaban J connectivity index is 2.47. The average Bonchev–Trinajstić information content (AvgIpc) is 2.43. The Morgan fingerprint density at radius 2 is 1.90 bits per heavy atom. The van der Waals surface area contributed by atoms with Crippen molar-refractivity contribution in [2.75, 3.05) is 32.8 Å². The smallest absolute Gasteiger partial charge is 0.324 e. The summed E-state index contributed by atoms with van der Waals surface area (Å²) in [5.41, 5.74) is 0.396. The Hall–Kier alpha value is -0.610. The summed E-state index contributed by atoms with van der Waals surface area (Å²) in [4.78, 5) is 14.4. The SMILES string of the molecule is CCCNC(CN1CCC(C(C)(C)C)CC1)C(=O)OCC. The molecule has 1 N–H and O–H groups in total. The van der Waals surface area contributed by atoms with Gasteiger partial charge in [-0.1, -0.05) is 27.7 Å². The van der Waals surface area contributed by atoms with Crippen LogP contribution in [0.25, 0.3) is 0 Å². The van der Waals surface area contributed by atoms with Crippen molar-refractivity contribution in [2.24, 2.45) is 11.3 Å². The summed E-state index contributed by atoms with van der Waals surface area (Å²) in [7, 11) is 0. The van der Waals surface area contributed by atoms with E-state index in [-0.39, 0.29) is 12.0 Å². The predicted molar refractivity (Wildman–Crippen MR) is 87.3 cm³/mol. The molecule has 4 heteroatoms. The Bertz CT molecular complexity index is 304. The molecule has 1 fully saturated rings. The third-order valence-electron chi connectivity index (χ3n) is 4.46. The average molecular weight is 298 g/mol. The van der Waals surface area contributed by atoms with E-state index in [4.69, 9.17) is 4.74 Å². The minimum atomic E-state index is -0.184. The van der Waals surface area contributed by atoms with Gasteiger partial charge in [0.25, 0.3) is 0 Å². The monoisotopic (exact) mass is 298 g/mol. The molecule has 1 rings (SSSR count). The molecule has 1 unspecified atom stereocenters. The molecule has 0 saturated carbocycles. The number of nitrogens with zero attached hydrogens (tertiary/aromatic N) is 1. The summed E-state index contributed by atoms with van der Waals surface area (Å²) in [5, 5.41) is 3.33. The molecule has 1 atom stereocenters. The number of hydrogen-bond acceptors (Lipinski definition) is 4. The van der Waals surface area contributed by atoms with Crippen molar-refractivity contribution in [1.82, 2.24) is 10.2 Å². The molecule has 0 spiro atoms. The first-order valence-electron chi connectivity index (χ1n) is 8.50. The molecule has 0 aromatic rings. The number of nitrogens with one attached hydrogen (secondary N) is 1. The van der Waals surface area contributed by atoms with Crippen LogP contribution in [-0.2, 0) is 9.53 Å². The Kier molecular flexibility index (Phi) is 7.67. The molecule has 0 aliphatic carbocycles. The van der Waals surface area contributed by atoms with E-state index in [9.17, 15) is 4.79 Å². The second-order valence-electron chi connectivity index (χ2n) is 7.20. The highest BCUT2D eigenvalue weighted by atomic mass is 16.5. The molecule has 0 radical (unpaired) electrons. The first kappa shape index (κ1) is 18.4. The van der Waals surface area contributed by atoms with Crippen molar-refractivity contribution in [2.45, 2.75) is 59.9 Å². The van der Waals surface area contributed by atoms with Crippen molar-refractivity contribution < 1.29 is 9.53 Å². The summed E-state index contributed by atoms with van der Waals surface area (Å²) in [6.45, 7) is 15.2. The number of hydrogen-bond donors (Lipinski definition) is 1. The van der Waals surface area contributed by atoms with Gasteiger partial charge < -0.3 is 15.0 Å². The van der Waals surface area contributed by atoms with E-state index >= 15 is 0 Å². The van der Waals surface area contributed by atoms with Crippen LogP contribution in [0.1, 0.15) is 53.9 Å². The van der Waals surface area contributed by atoms with Gasteiger partial charge in [0, 0.05) is 6.54 Å². The zero-order chi connectivity index (χ0) is 15.9. The quantitative estimate of drug-likeness (QED) is 0.734. The maximum Gasteiger partial charge on any atom is 0.324 e. The van der Waals surface area contributed by atoms with Crippen LogP contribution >= 0.6 is 0 Å². The molecule has 1 heterocycles. The molecule has 0 amide bonds. The van der Waals surface area contributed by atoms with Crippen LogP contribution in [0.4, 0.5) is 0 Å². The van der Waals surface area contributed by atoms with Crippen molar-refractivity contribution in [3.63, 3.8) is 0 Å². The summed E-state index contributed by atoms with van der Waals surface area (Å²) in [6.07, 6.45) is 3.49. The third kappa shape index (κ3) is 6.35. The van der Waals surface area contributed by atoms with Crippen LogP contribution in [0.3, 0.4) is 0 Å². The zero-order valence-electron chi connectivity index (χ0n) is 14.6. The van der Waals surface area contributed by atoms with Crippen molar-refractivity contribution >= 4 is 5.97 Å². The number of esters is 1. The number of ether oxygens (including phenoxy) is 1. The van der Waals surface area contributed by atoms with Gasteiger partial charge in [-0.3, -0.25) is 4.79 Å². The first-order chi connectivity index (χ1) is 9.88. The number of carbonyl (C=O) groups is 1. The number of carbonyl (C=O) groups excluding carboxylic acids is 1. The fourth-order valence-electron chi connectivity index (χ4n) is 3.02. The molecule has 1 aliphatic heterocycles. The van der Waals surface area contributed by atoms with Crippen LogP contribution in [0.5, 0.6) is 0 Å². The highest BCUT2D eigenvalue weighted by Crippen LogP contribution is 2.34. The van der Waals surface area contributed by atoms with Crippen molar-refractivity contribution in [3.05, 3.63) is 0 Å². The minimum Gasteiger partial charge on any atom is -0.465 e. The lowest BCUT2D eigenvalue weighted by Gasteiger charge is -2.39. The van der Waals surface area contributed by atoms with Crippen LogP contribution in [-0.4, -0.2) is 49.7 Å². The lowest BCUT2D eigenvalue weighted by atomic mass is 9.75. The van der Waals surface area contributed by atoms with E-state index in [0.29, 0.717) is 12.0 Å². The van der Waals surface area contributed by atoms with Crippen LogP contribution in [0.2, 0.25) is 0 Å². The van der Waals surface area contributed by atoms with Crippen molar-refractivity contribution in [1.29, 1.82) is 0 Å². The molecule has 124 valence electrons. The van der Waals surface area contributed by atoms with E-state index in [1.807, 2.05) is 6.92 Å². The molecule has 0 bridgehead atoms. The highest BCUT2D eigenvalue weighted by molar-refractivity contribution is 5.76. The summed E-state index contributed by atoms with van der Waals surface area (Å²) < 4.78 is 5.19. The van der Waals surface area contributed by atoms with E-state index < -0.39 is 0 Å². The Morgan fingerprint density at radius 1 is 1.29 bits per heavy atom. The highest BCUT2D eigenvalue weighted by Gasteiger charge is 2.30. The predicted octanol–water partition coefficient (Wildman–Crippen LogP) is 2.68. The lowest BCUT2D eigenvalue weighted by Crippen LogP contribution is -2.49. The summed E-state index contributed by atoms with van der Waals surface area (Å²) in [6, 6.07) is -0.184. The van der Waals surface area contributed by atoms with Gasteiger partial charge in [-0.25, -0.2) is 0 Å². The summed E-state index contributed by atoms with van der Waals surface area (Å²) >= 11 is 0. The van der Waals surface area contributed by atoms with Crippen LogP contribution in [0, 0.1) is 11.3 Å². The molecule has 0 aromatic heterocycles. The number of likely N-dealkylation sites (tertiary alicyclic amines) is 1. The zero-order valence-corrected chi connectivity index (χ0v) is 14.6. The molecule has 1 saturated heterocycles.